The second-order valence-electron chi connectivity index (χ2n) is 1.44. The van der Waals surface area contributed by atoms with E-state index in [2.05, 4.69) is 17.0 Å². The van der Waals surface area contributed by atoms with Crippen molar-refractivity contribution in [2.75, 3.05) is 0 Å². The van der Waals surface area contributed by atoms with Crippen molar-refractivity contribution in [2.45, 2.75) is 6.42 Å². The number of rotatable bonds is 0. The summed E-state index contributed by atoms with van der Waals surface area (Å²) in [7, 11) is 0. The molecular formula is C5H4O2S. The Morgan fingerprint density at radius 2 is 2.50 bits per heavy atom. The van der Waals surface area contributed by atoms with Crippen molar-refractivity contribution in [3.63, 3.8) is 0 Å². The molecule has 0 unspecified atom stereocenters. The summed E-state index contributed by atoms with van der Waals surface area (Å²) in [6, 6.07) is 0. The van der Waals surface area contributed by atoms with E-state index in [9.17, 15) is 4.79 Å². The molecule has 0 saturated heterocycles. The van der Waals surface area contributed by atoms with Gasteiger partial charge in [-0.1, -0.05) is 0 Å². The van der Waals surface area contributed by atoms with Crippen LogP contribution in [-0.2, 0) is 9.53 Å². The fourth-order valence-corrected chi connectivity index (χ4v) is 0.626. The Kier molecular flexibility index (Phi) is 1.39. The van der Waals surface area contributed by atoms with Crippen LogP contribution in [0.5, 0.6) is 0 Å². The summed E-state index contributed by atoms with van der Waals surface area (Å²) in [5.74, 6) is 0.0150. The van der Waals surface area contributed by atoms with Gasteiger partial charge in [0.05, 0.1) is 12.7 Å². The fourth-order valence-electron chi connectivity index (χ4n) is 0.429. The Hall–Kier alpha value is -0.700. The molecule has 1 aliphatic heterocycles. The molecule has 0 N–H and O–H groups in total. The molecule has 8 heavy (non-hydrogen) atoms. The number of carbonyl (C=O) groups excluding carboxylic acids is 1. The molecule has 1 aliphatic rings. The number of thiocarbonyl (C=S) groups is 1. The zero-order valence-electron chi connectivity index (χ0n) is 4.09. The highest BCUT2D eigenvalue weighted by Gasteiger charge is 2.06. The first-order valence-corrected chi connectivity index (χ1v) is 2.59. The molecular weight excluding hydrogens is 124 g/mol. The van der Waals surface area contributed by atoms with Crippen molar-refractivity contribution in [3.8, 4) is 0 Å². The molecule has 0 amide bonds. The largest absolute Gasteiger partial charge is 0.457 e. The smallest absolute Gasteiger partial charge is 0.174 e. The molecule has 1 rings (SSSR count). The second kappa shape index (κ2) is 2.05. The van der Waals surface area contributed by atoms with Crippen molar-refractivity contribution in [1.29, 1.82) is 0 Å². The fraction of sp³-hybridized carbons (Fsp3) is 0.200. The summed E-state index contributed by atoms with van der Waals surface area (Å²) in [6.45, 7) is 0. The lowest BCUT2D eigenvalue weighted by Crippen LogP contribution is -2.08. The van der Waals surface area contributed by atoms with Gasteiger partial charge in [0.15, 0.2) is 10.8 Å². The lowest BCUT2D eigenvalue weighted by molar-refractivity contribution is -0.114. The standard InChI is InChI=1S/C5H4O2S/c6-4-1-2-7-5(8)3-4/h1-2H,3H2. The maximum Gasteiger partial charge on any atom is 0.174 e. The third-order valence-electron chi connectivity index (χ3n) is 0.772. The number of hydrogen-bond acceptors (Lipinski definition) is 3. The van der Waals surface area contributed by atoms with Crippen LogP contribution in [0.2, 0.25) is 0 Å². The van der Waals surface area contributed by atoms with Gasteiger partial charge >= 0.3 is 0 Å². The van der Waals surface area contributed by atoms with Gasteiger partial charge in [-0.05, 0) is 12.2 Å². The highest BCUT2D eigenvalue weighted by Crippen LogP contribution is 1.99. The molecule has 0 aliphatic carbocycles. The average molecular weight is 128 g/mol. The van der Waals surface area contributed by atoms with Crippen molar-refractivity contribution >= 4 is 23.1 Å². The van der Waals surface area contributed by atoms with Crippen LogP contribution in [0.15, 0.2) is 12.3 Å². The van der Waals surface area contributed by atoms with Gasteiger partial charge in [0, 0.05) is 6.08 Å². The summed E-state index contributed by atoms with van der Waals surface area (Å²) in [5, 5.41) is 0.359. The first-order chi connectivity index (χ1) is 3.79. The van der Waals surface area contributed by atoms with Crippen LogP contribution in [0.3, 0.4) is 0 Å². The Morgan fingerprint density at radius 3 is 2.88 bits per heavy atom. The van der Waals surface area contributed by atoms with Crippen LogP contribution < -0.4 is 0 Å². The second-order valence-corrected chi connectivity index (χ2v) is 1.89. The minimum atomic E-state index is 0.0150. The van der Waals surface area contributed by atoms with E-state index in [-0.39, 0.29) is 12.2 Å². The molecule has 42 valence electrons. The predicted molar refractivity (Wildman–Crippen MR) is 32.4 cm³/mol. The number of allylic oxidation sites excluding steroid dienone is 1. The summed E-state index contributed by atoms with van der Waals surface area (Å²) in [5.41, 5.74) is 0. The lowest BCUT2D eigenvalue weighted by atomic mass is 10.3. The maximum absolute atomic E-state index is 10.4. The van der Waals surface area contributed by atoms with E-state index >= 15 is 0 Å². The molecule has 3 heteroatoms. The number of ketones is 1. The van der Waals surface area contributed by atoms with Gasteiger partial charge in [-0.3, -0.25) is 4.79 Å². The van der Waals surface area contributed by atoms with Gasteiger partial charge in [0.25, 0.3) is 0 Å². The van der Waals surface area contributed by atoms with E-state index in [1.807, 2.05) is 0 Å². The highest BCUT2D eigenvalue weighted by atomic mass is 32.1. The molecule has 1 heterocycles. The molecule has 2 nitrogen and oxygen atoms in total. The van der Waals surface area contributed by atoms with Gasteiger partial charge < -0.3 is 4.74 Å². The van der Waals surface area contributed by atoms with Crippen molar-refractivity contribution in [3.05, 3.63) is 12.3 Å². The van der Waals surface area contributed by atoms with Crippen molar-refractivity contribution in [2.24, 2.45) is 0 Å². The summed E-state index contributed by atoms with van der Waals surface area (Å²) in [4.78, 5) is 10.4. The summed E-state index contributed by atoms with van der Waals surface area (Å²) < 4.78 is 4.68. The van der Waals surface area contributed by atoms with Crippen LogP contribution in [0.25, 0.3) is 0 Å². The lowest BCUT2D eigenvalue weighted by Gasteiger charge is -2.02. The minimum Gasteiger partial charge on any atom is -0.457 e. The van der Waals surface area contributed by atoms with Crippen LogP contribution in [0.4, 0.5) is 0 Å². The SMILES string of the molecule is O=C1C=COC(=S)C1. The average Bonchev–Trinajstić information content (AvgIpc) is 1.64. The molecule has 0 aromatic rings. The zero-order valence-corrected chi connectivity index (χ0v) is 4.90. The molecule has 0 bridgehead atoms. The van der Waals surface area contributed by atoms with E-state index in [0.717, 1.165) is 0 Å². The summed E-state index contributed by atoms with van der Waals surface area (Å²) >= 11 is 4.59. The molecule has 0 fully saturated rings. The van der Waals surface area contributed by atoms with Crippen LogP contribution >= 0.6 is 12.2 Å². The van der Waals surface area contributed by atoms with E-state index in [4.69, 9.17) is 0 Å². The van der Waals surface area contributed by atoms with Gasteiger partial charge in [-0.25, -0.2) is 0 Å². The van der Waals surface area contributed by atoms with E-state index < -0.39 is 0 Å². The van der Waals surface area contributed by atoms with Gasteiger partial charge in [-0.2, -0.15) is 0 Å². The van der Waals surface area contributed by atoms with Gasteiger partial charge in [-0.15, -0.1) is 0 Å². The highest BCUT2D eigenvalue weighted by molar-refractivity contribution is 7.80. The molecule has 0 saturated carbocycles. The summed E-state index contributed by atoms with van der Waals surface area (Å²) in [6.07, 6.45) is 2.94. The normalized spacial score (nSPS) is 18.5. The molecule has 0 atom stereocenters. The zero-order chi connectivity index (χ0) is 5.98. The molecule has 0 aromatic carbocycles. The Labute approximate surface area is 52.1 Å². The maximum atomic E-state index is 10.4. The first-order valence-electron chi connectivity index (χ1n) is 2.18. The number of carbonyl (C=O) groups is 1. The van der Waals surface area contributed by atoms with Crippen LogP contribution in [-0.4, -0.2) is 10.8 Å². The Balaban J connectivity index is 2.68. The first kappa shape index (κ1) is 5.44. The molecule has 0 aromatic heterocycles. The van der Waals surface area contributed by atoms with Gasteiger partial charge in [0.2, 0.25) is 0 Å². The minimum absolute atomic E-state index is 0.0150. The van der Waals surface area contributed by atoms with E-state index in [1.165, 1.54) is 12.3 Å². The van der Waals surface area contributed by atoms with Crippen LogP contribution in [0.1, 0.15) is 6.42 Å². The number of ether oxygens (including phenoxy) is 1. The van der Waals surface area contributed by atoms with Gasteiger partial charge in [0.1, 0.15) is 0 Å². The Morgan fingerprint density at radius 1 is 1.75 bits per heavy atom. The van der Waals surface area contributed by atoms with Crippen molar-refractivity contribution in [1.82, 2.24) is 0 Å². The quantitative estimate of drug-likeness (QED) is 0.452. The molecule has 0 spiro atoms. The van der Waals surface area contributed by atoms with E-state index in [0.29, 0.717) is 5.05 Å². The third kappa shape index (κ3) is 1.13. The number of hydrogen-bond donors (Lipinski definition) is 0. The monoisotopic (exact) mass is 128 g/mol. The van der Waals surface area contributed by atoms with Crippen molar-refractivity contribution < 1.29 is 9.53 Å². The third-order valence-corrected chi connectivity index (χ3v) is 1.01. The predicted octanol–water partition coefficient (Wildman–Crippen LogP) is 0.817. The van der Waals surface area contributed by atoms with E-state index in [1.54, 1.807) is 0 Å². The molecule has 0 radical (unpaired) electrons. The Bertz CT molecular complexity index is 160. The van der Waals surface area contributed by atoms with Crippen LogP contribution in [0, 0.1) is 0 Å². The topological polar surface area (TPSA) is 26.3 Å².